The number of hydrogen-bond donors (Lipinski definition) is 3. The number of carboxylic acids is 1. The molecule has 156 valence electrons. The van der Waals surface area contributed by atoms with Crippen LogP contribution in [0.5, 0.6) is 5.75 Å². The zero-order valence-electron chi connectivity index (χ0n) is 16.7. The first-order valence-electron chi connectivity index (χ1n) is 11.1. The number of ether oxygens (including phenoxy) is 1. The predicted molar refractivity (Wildman–Crippen MR) is 108 cm³/mol. The van der Waals surface area contributed by atoms with E-state index in [0.29, 0.717) is 11.7 Å². The highest BCUT2D eigenvalue weighted by Gasteiger charge is 2.58. The largest absolute Gasteiger partial charge is 0.490 e. The molecule has 0 saturated heterocycles. The SMILES string of the molecule is O=C(NC1CCC(Oc2ccc(C(=O)O)cc2)CC1)NC12CC3CC(CC1C3)C2. The highest BCUT2D eigenvalue weighted by Crippen LogP contribution is 2.60. The van der Waals surface area contributed by atoms with Crippen LogP contribution in [-0.4, -0.2) is 34.8 Å². The predicted octanol–water partition coefficient (Wildman–Crippen LogP) is 3.95. The summed E-state index contributed by atoms with van der Waals surface area (Å²) in [5.74, 6) is 2.15. The molecule has 5 saturated carbocycles. The number of amides is 2. The van der Waals surface area contributed by atoms with Gasteiger partial charge >= 0.3 is 12.0 Å². The van der Waals surface area contributed by atoms with E-state index < -0.39 is 5.97 Å². The number of benzene rings is 1. The number of urea groups is 1. The summed E-state index contributed by atoms with van der Waals surface area (Å²) >= 11 is 0. The van der Waals surface area contributed by atoms with Crippen LogP contribution in [0.2, 0.25) is 0 Å². The second kappa shape index (κ2) is 7.22. The van der Waals surface area contributed by atoms with Gasteiger partial charge in [0.05, 0.1) is 11.7 Å². The maximum absolute atomic E-state index is 12.7. The van der Waals surface area contributed by atoms with Crippen LogP contribution in [0.3, 0.4) is 0 Å². The van der Waals surface area contributed by atoms with Gasteiger partial charge in [-0.25, -0.2) is 9.59 Å². The van der Waals surface area contributed by atoms with Crippen LogP contribution >= 0.6 is 0 Å². The Bertz CT molecular complexity index is 771. The van der Waals surface area contributed by atoms with Crippen molar-refractivity contribution in [2.45, 2.75) is 75.5 Å². The van der Waals surface area contributed by atoms with Crippen molar-refractivity contribution in [1.82, 2.24) is 10.6 Å². The van der Waals surface area contributed by atoms with Crippen molar-refractivity contribution < 1.29 is 19.4 Å². The number of nitrogens with one attached hydrogen (secondary N) is 2. The molecule has 5 aliphatic carbocycles. The van der Waals surface area contributed by atoms with Crippen LogP contribution in [-0.2, 0) is 0 Å². The maximum atomic E-state index is 12.7. The van der Waals surface area contributed by atoms with Gasteiger partial charge in [-0.05, 0) is 99.8 Å². The molecule has 0 heterocycles. The summed E-state index contributed by atoms with van der Waals surface area (Å²) in [6.45, 7) is 0. The summed E-state index contributed by atoms with van der Waals surface area (Å²) in [6, 6.07) is 6.79. The van der Waals surface area contributed by atoms with Crippen molar-refractivity contribution in [3.05, 3.63) is 29.8 Å². The lowest BCUT2D eigenvalue weighted by Crippen LogP contribution is -2.55. The zero-order chi connectivity index (χ0) is 20.0. The number of carbonyl (C=O) groups excluding carboxylic acids is 1. The molecular weight excluding hydrogens is 368 g/mol. The molecule has 6 heteroatoms. The van der Waals surface area contributed by atoms with E-state index in [1.807, 2.05) is 0 Å². The van der Waals surface area contributed by atoms with E-state index >= 15 is 0 Å². The molecule has 4 bridgehead atoms. The Balaban J connectivity index is 1.08. The Morgan fingerprint density at radius 1 is 0.966 bits per heavy atom. The monoisotopic (exact) mass is 398 g/mol. The van der Waals surface area contributed by atoms with Crippen molar-refractivity contribution in [2.24, 2.45) is 17.8 Å². The number of rotatable bonds is 5. The standard InChI is InChI=1S/C23H30N2O4/c26-21(27)16-1-5-19(6-2-16)29-20-7-3-18(4-8-20)24-22(28)25-23-12-14-9-15(13-23)11-17(23)10-14/h1-2,5-6,14-15,17-18,20H,3-4,7-13H2,(H,26,27)(H2,24,25,28). The van der Waals surface area contributed by atoms with Crippen LogP contribution in [0.1, 0.15) is 68.1 Å². The van der Waals surface area contributed by atoms with Gasteiger partial charge in [0.1, 0.15) is 5.75 Å². The first-order chi connectivity index (χ1) is 14.0. The second-order valence-electron chi connectivity index (χ2n) is 9.72. The van der Waals surface area contributed by atoms with Gasteiger partial charge in [-0.3, -0.25) is 0 Å². The van der Waals surface area contributed by atoms with Gasteiger partial charge in [-0.15, -0.1) is 0 Å². The van der Waals surface area contributed by atoms with Crippen molar-refractivity contribution in [3.8, 4) is 5.75 Å². The smallest absolute Gasteiger partial charge is 0.335 e. The minimum atomic E-state index is -0.931. The fraction of sp³-hybridized carbons (Fsp3) is 0.652. The van der Waals surface area contributed by atoms with E-state index in [0.717, 1.165) is 37.5 Å². The summed E-state index contributed by atoms with van der Waals surface area (Å²) in [5.41, 5.74) is 0.347. The fourth-order valence-electron chi connectivity index (χ4n) is 6.64. The first-order valence-corrected chi connectivity index (χ1v) is 11.1. The molecular formula is C23H30N2O4. The second-order valence-corrected chi connectivity index (χ2v) is 9.72. The van der Waals surface area contributed by atoms with E-state index in [1.54, 1.807) is 24.3 Å². The van der Waals surface area contributed by atoms with Crippen LogP contribution in [0.25, 0.3) is 0 Å². The quantitative estimate of drug-likeness (QED) is 0.701. The van der Waals surface area contributed by atoms with Crippen LogP contribution in [0.4, 0.5) is 4.79 Å². The highest BCUT2D eigenvalue weighted by molar-refractivity contribution is 5.87. The number of hydrogen-bond acceptors (Lipinski definition) is 3. The molecule has 2 atom stereocenters. The molecule has 0 radical (unpaired) electrons. The lowest BCUT2D eigenvalue weighted by molar-refractivity contribution is 0.0696. The third-order valence-corrected chi connectivity index (χ3v) is 7.77. The van der Waals surface area contributed by atoms with E-state index in [1.165, 1.54) is 32.1 Å². The van der Waals surface area contributed by atoms with Gasteiger partial charge in [0.15, 0.2) is 0 Å². The van der Waals surface area contributed by atoms with Gasteiger partial charge in [0.25, 0.3) is 0 Å². The fourth-order valence-corrected chi connectivity index (χ4v) is 6.64. The zero-order valence-corrected chi connectivity index (χ0v) is 16.7. The Morgan fingerprint density at radius 3 is 2.24 bits per heavy atom. The molecule has 0 aromatic heterocycles. The molecule has 0 spiro atoms. The van der Waals surface area contributed by atoms with Crippen LogP contribution in [0.15, 0.2) is 24.3 Å². The topological polar surface area (TPSA) is 87.7 Å². The van der Waals surface area contributed by atoms with Crippen molar-refractivity contribution in [2.75, 3.05) is 0 Å². The Morgan fingerprint density at radius 2 is 1.62 bits per heavy atom. The lowest BCUT2D eigenvalue weighted by Gasteiger charge is -2.35. The van der Waals surface area contributed by atoms with Gasteiger partial charge in [0.2, 0.25) is 0 Å². The summed E-state index contributed by atoms with van der Waals surface area (Å²) in [5, 5.41) is 15.6. The normalized spacial score (nSPS) is 37.3. The molecule has 5 fully saturated rings. The van der Waals surface area contributed by atoms with Crippen molar-refractivity contribution >= 4 is 12.0 Å². The van der Waals surface area contributed by atoms with E-state index in [-0.39, 0.29) is 29.3 Å². The molecule has 6 nitrogen and oxygen atoms in total. The molecule has 1 aromatic rings. The minimum Gasteiger partial charge on any atom is -0.490 e. The van der Waals surface area contributed by atoms with Crippen molar-refractivity contribution in [1.29, 1.82) is 0 Å². The molecule has 2 unspecified atom stereocenters. The van der Waals surface area contributed by atoms with E-state index in [9.17, 15) is 9.59 Å². The molecule has 1 aromatic carbocycles. The molecule has 2 amide bonds. The third kappa shape index (κ3) is 3.69. The Labute approximate surface area is 171 Å². The Kier molecular flexibility index (Phi) is 4.67. The number of carboxylic acid groups (broad SMARTS) is 1. The van der Waals surface area contributed by atoms with Crippen molar-refractivity contribution in [3.63, 3.8) is 0 Å². The number of aromatic carboxylic acids is 1. The first kappa shape index (κ1) is 18.8. The summed E-state index contributed by atoms with van der Waals surface area (Å²) in [4.78, 5) is 23.6. The van der Waals surface area contributed by atoms with Gasteiger partial charge in [-0.1, -0.05) is 0 Å². The summed E-state index contributed by atoms with van der Waals surface area (Å²) in [7, 11) is 0. The average Bonchev–Trinajstić information content (AvgIpc) is 3.06. The highest BCUT2D eigenvalue weighted by atomic mass is 16.5. The molecule has 3 N–H and O–H groups in total. The molecule has 29 heavy (non-hydrogen) atoms. The summed E-state index contributed by atoms with van der Waals surface area (Å²) < 4.78 is 6.00. The van der Waals surface area contributed by atoms with E-state index in [4.69, 9.17) is 9.84 Å². The maximum Gasteiger partial charge on any atom is 0.335 e. The molecule has 5 aliphatic rings. The van der Waals surface area contributed by atoms with Crippen LogP contribution in [0, 0.1) is 17.8 Å². The van der Waals surface area contributed by atoms with Gasteiger partial charge in [0, 0.05) is 11.6 Å². The summed E-state index contributed by atoms with van der Waals surface area (Å²) in [6.07, 6.45) is 10.1. The van der Waals surface area contributed by atoms with Gasteiger partial charge < -0.3 is 20.5 Å². The third-order valence-electron chi connectivity index (χ3n) is 7.77. The van der Waals surface area contributed by atoms with Gasteiger partial charge in [-0.2, -0.15) is 0 Å². The average molecular weight is 399 g/mol. The Hall–Kier alpha value is -2.24. The van der Waals surface area contributed by atoms with E-state index in [2.05, 4.69) is 10.6 Å². The lowest BCUT2D eigenvalue weighted by atomic mass is 9.80. The number of carbonyl (C=O) groups is 2. The minimum absolute atomic E-state index is 0.0202. The molecule has 6 rings (SSSR count). The molecule has 0 aliphatic heterocycles. The van der Waals surface area contributed by atoms with Crippen LogP contribution < -0.4 is 15.4 Å².